The Balaban J connectivity index is 1.75. The molecule has 3 nitrogen and oxygen atoms in total. The molecule has 0 saturated heterocycles. The summed E-state index contributed by atoms with van der Waals surface area (Å²) < 4.78 is 13.4. The van der Waals surface area contributed by atoms with Gasteiger partial charge in [0.05, 0.1) is 17.3 Å². The van der Waals surface area contributed by atoms with Crippen molar-refractivity contribution in [2.75, 3.05) is 18.4 Å². The second kappa shape index (κ2) is 8.01. The molecule has 0 atom stereocenters. The zero-order valence-electron chi connectivity index (χ0n) is 11.7. The van der Waals surface area contributed by atoms with Gasteiger partial charge >= 0.3 is 0 Å². The monoisotopic (exact) mass is 340 g/mol. The van der Waals surface area contributed by atoms with Crippen molar-refractivity contribution in [2.24, 2.45) is 0 Å². The molecule has 2 N–H and O–H groups in total. The molecule has 2 rings (SSSR count). The Morgan fingerprint density at radius 3 is 2.64 bits per heavy atom. The topological polar surface area (TPSA) is 41.1 Å². The highest BCUT2D eigenvalue weighted by atomic mass is 35.5. The van der Waals surface area contributed by atoms with Crippen LogP contribution in [0.15, 0.2) is 42.5 Å². The Morgan fingerprint density at radius 1 is 1.14 bits per heavy atom. The second-order valence-corrected chi connectivity index (χ2v) is 5.51. The van der Waals surface area contributed by atoms with Crippen LogP contribution in [0.1, 0.15) is 5.56 Å². The van der Waals surface area contributed by atoms with E-state index in [1.807, 2.05) is 0 Å². The summed E-state index contributed by atoms with van der Waals surface area (Å²) in [6.07, 6.45) is 0.445. The highest BCUT2D eigenvalue weighted by Gasteiger charge is 2.05. The normalized spacial score (nSPS) is 10.3. The summed E-state index contributed by atoms with van der Waals surface area (Å²) in [5.74, 6) is -0.454. The maximum absolute atomic E-state index is 13.4. The van der Waals surface area contributed by atoms with E-state index in [-0.39, 0.29) is 18.3 Å². The molecular weight excluding hydrogens is 326 g/mol. The fourth-order valence-corrected chi connectivity index (χ4v) is 2.38. The standard InChI is InChI=1S/C16H15Cl2FN2O/c17-12-5-6-15(13(18)9-12)21-10-16(22)20-8-7-11-3-1-2-4-14(11)19/h1-6,9,21H,7-8,10H2,(H,20,22). The average Bonchev–Trinajstić information content (AvgIpc) is 2.48. The Kier molecular flexibility index (Phi) is 6.04. The van der Waals surface area contributed by atoms with Crippen LogP contribution in [0, 0.1) is 5.82 Å². The summed E-state index contributed by atoms with van der Waals surface area (Å²) in [7, 11) is 0. The van der Waals surface area contributed by atoms with Gasteiger partial charge in [-0.05, 0) is 36.2 Å². The van der Waals surface area contributed by atoms with Gasteiger partial charge in [0.1, 0.15) is 5.82 Å². The lowest BCUT2D eigenvalue weighted by atomic mass is 10.1. The zero-order chi connectivity index (χ0) is 15.9. The Morgan fingerprint density at radius 2 is 1.91 bits per heavy atom. The number of anilines is 1. The molecule has 0 bridgehead atoms. The van der Waals surface area contributed by atoms with Gasteiger partial charge in [0.2, 0.25) is 5.91 Å². The highest BCUT2D eigenvalue weighted by molar-refractivity contribution is 6.36. The van der Waals surface area contributed by atoms with Crippen molar-refractivity contribution in [1.29, 1.82) is 0 Å². The van der Waals surface area contributed by atoms with E-state index in [1.54, 1.807) is 36.4 Å². The molecule has 2 aromatic carbocycles. The van der Waals surface area contributed by atoms with E-state index in [9.17, 15) is 9.18 Å². The maximum atomic E-state index is 13.4. The van der Waals surface area contributed by atoms with Crippen molar-refractivity contribution >= 4 is 34.8 Å². The SMILES string of the molecule is O=C(CNc1ccc(Cl)cc1Cl)NCCc1ccccc1F. The molecule has 0 radical (unpaired) electrons. The molecule has 0 unspecified atom stereocenters. The van der Waals surface area contributed by atoms with Crippen LogP contribution < -0.4 is 10.6 Å². The Hall–Kier alpha value is -1.78. The Bertz CT molecular complexity index is 664. The third kappa shape index (κ3) is 4.90. The zero-order valence-corrected chi connectivity index (χ0v) is 13.2. The van der Waals surface area contributed by atoms with Crippen LogP contribution >= 0.6 is 23.2 Å². The number of amides is 1. The summed E-state index contributed by atoms with van der Waals surface area (Å²) >= 11 is 11.8. The minimum absolute atomic E-state index is 0.0820. The van der Waals surface area contributed by atoms with Gasteiger partial charge in [0, 0.05) is 11.6 Å². The van der Waals surface area contributed by atoms with Crippen molar-refractivity contribution in [1.82, 2.24) is 5.32 Å². The molecule has 0 spiro atoms. The van der Waals surface area contributed by atoms with Gasteiger partial charge in [0.25, 0.3) is 0 Å². The van der Waals surface area contributed by atoms with Crippen LogP contribution in [0.3, 0.4) is 0 Å². The third-order valence-electron chi connectivity index (χ3n) is 3.04. The second-order valence-electron chi connectivity index (χ2n) is 4.67. The van der Waals surface area contributed by atoms with Gasteiger partial charge in [-0.3, -0.25) is 4.79 Å². The third-order valence-corrected chi connectivity index (χ3v) is 3.59. The largest absolute Gasteiger partial charge is 0.375 e. The first-order valence-corrected chi connectivity index (χ1v) is 7.51. The van der Waals surface area contributed by atoms with Crippen LogP contribution in [0.2, 0.25) is 10.0 Å². The van der Waals surface area contributed by atoms with E-state index >= 15 is 0 Å². The van der Waals surface area contributed by atoms with Crippen LogP contribution in [0.4, 0.5) is 10.1 Å². The summed E-state index contributed by atoms with van der Waals surface area (Å²) in [6.45, 7) is 0.453. The van der Waals surface area contributed by atoms with Gasteiger partial charge < -0.3 is 10.6 Å². The van der Waals surface area contributed by atoms with Crippen LogP contribution in [0.25, 0.3) is 0 Å². The molecular formula is C16H15Cl2FN2O. The number of nitrogens with one attached hydrogen (secondary N) is 2. The number of benzene rings is 2. The number of hydrogen-bond acceptors (Lipinski definition) is 2. The number of rotatable bonds is 6. The number of carbonyl (C=O) groups excluding carboxylic acids is 1. The van der Waals surface area contributed by atoms with Crippen molar-refractivity contribution in [2.45, 2.75) is 6.42 Å². The molecule has 22 heavy (non-hydrogen) atoms. The lowest BCUT2D eigenvalue weighted by Crippen LogP contribution is -2.31. The molecule has 0 fully saturated rings. The lowest BCUT2D eigenvalue weighted by molar-refractivity contribution is -0.119. The maximum Gasteiger partial charge on any atom is 0.239 e. The molecule has 0 aromatic heterocycles. The van der Waals surface area contributed by atoms with Gasteiger partial charge in [-0.15, -0.1) is 0 Å². The fraction of sp³-hybridized carbons (Fsp3) is 0.188. The molecule has 0 aliphatic carbocycles. The number of halogens is 3. The van der Waals surface area contributed by atoms with Crippen molar-refractivity contribution < 1.29 is 9.18 Å². The molecule has 1 amide bonds. The molecule has 2 aromatic rings. The minimum Gasteiger partial charge on any atom is -0.375 e. The van der Waals surface area contributed by atoms with Crippen molar-refractivity contribution in [3.8, 4) is 0 Å². The number of carbonyl (C=O) groups is 1. The molecule has 0 heterocycles. The van der Waals surface area contributed by atoms with Crippen LogP contribution in [0.5, 0.6) is 0 Å². The molecule has 6 heteroatoms. The van der Waals surface area contributed by atoms with Crippen LogP contribution in [-0.2, 0) is 11.2 Å². The Labute approximate surface area is 138 Å². The number of hydrogen-bond donors (Lipinski definition) is 2. The molecule has 0 aliphatic rings. The van der Waals surface area contributed by atoms with E-state index in [1.165, 1.54) is 6.07 Å². The van der Waals surface area contributed by atoms with E-state index < -0.39 is 0 Å². The summed E-state index contributed by atoms with van der Waals surface area (Å²) in [5.41, 5.74) is 1.21. The van der Waals surface area contributed by atoms with Gasteiger partial charge in [-0.25, -0.2) is 4.39 Å². The summed E-state index contributed by atoms with van der Waals surface area (Å²) in [5, 5.41) is 6.63. The molecule has 116 valence electrons. The highest BCUT2D eigenvalue weighted by Crippen LogP contribution is 2.24. The van der Waals surface area contributed by atoms with Gasteiger partial charge in [-0.1, -0.05) is 41.4 Å². The lowest BCUT2D eigenvalue weighted by Gasteiger charge is -2.09. The van der Waals surface area contributed by atoms with Gasteiger partial charge in [0.15, 0.2) is 0 Å². The van der Waals surface area contributed by atoms with Crippen molar-refractivity contribution in [3.05, 3.63) is 63.9 Å². The average molecular weight is 341 g/mol. The van der Waals surface area contributed by atoms with E-state index in [0.717, 1.165) is 0 Å². The smallest absolute Gasteiger partial charge is 0.239 e. The predicted molar refractivity (Wildman–Crippen MR) is 88.1 cm³/mol. The first-order chi connectivity index (χ1) is 10.6. The quantitative estimate of drug-likeness (QED) is 0.837. The van der Waals surface area contributed by atoms with Gasteiger partial charge in [-0.2, -0.15) is 0 Å². The predicted octanol–water partition coefficient (Wildman–Crippen LogP) is 3.90. The summed E-state index contributed by atoms with van der Waals surface area (Å²) in [4.78, 5) is 11.7. The first-order valence-electron chi connectivity index (χ1n) is 6.75. The molecule has 0 aliphatic heterocycles. The minimum atomic E-state index is -0.261. The fourth-order valence-electron chi connectivity index (χ4n) is 1.91. The summed E-state index contributed by atoms with van der Waals surface area (Å²) in [6, 6.07) is 11.5. The molecule has 0 saturated carbocycles. The first kappa shape index (κ1) is 16.6. The van der Waals surface area contributed by atoms with Crippen molar-refractivity contribution in [3.63, 3.8) is 0 Å². The van der Waals surface area contributed by atoms with E-state index in [0.29, 0.717) is 34.3 Å². The van der Waals surface area contributed by atoms with Crippen LogP contribution in [-0.4, -0.2) is 19.0 Å². The van der Waals surface area contributed by atoms with E-state index in [4.69, 9.17) is 23.2 Å². The van der Waals surface area contributed by atoms with E-state index in [2.05, 4.69) is 10.6 Å².